The number of amides is 2. The van der Waals surface area contributed by atoms with Crippen LogP contribution in [0.3, 0.4) is 0 Å². The Labute approximate surface area is 165 Å². The molecule has 2 rings (SSSR count). The van der Waals surface area contributed by atoms with Gasteiger partial charge >= 0.3 is 0 Å². The second-order valence-corrected chi connectivity index (χ2v) is 6.36. The van der Waals surface area contributed by atoms with E-state index < -0.39 is 6.04 Å². The molecule has 0 bridgehead atoms. The van der Waals surface area contributed by atoms with Crippen LogP contribution in [0, 0.1) is 18.3 Å². The summed E-state index contributed by atoms with van der Waals surface area (Å²) in [7, 11) is 0. The Morgan fingerprint density at radius 1 is 1.14 bits per heavy atom. The SMILES string of the molecule is C#CCOc1ccc(/C=N/NC(=O)C(NC(=O)c2ccccc2)C(C)C)cc1. The maximum absolute atomic E-state index is 12.4. The molecule has 0 aliphatic carbocycles. The number of rotatable bonds is 8. The van der Waals surface area contributed by atoms with Crippen LogP contribution in [-0.2, 0) is 4.79 Å². The van der Waals surface area contributed by atoms with Gasteiger partial charge in [0.1, 0.15) is 18.4 Å². The van der Waals surface area contributed by atoms with Gasteiger partial charge in [0, 0.05) is 5.56 Å². The minimum atomic E-state index is -0.704. The largest absolute Gasteiger partial charge is 0.481 e. The van der Waals surface area contributed by atoms with E-state index in [4.69, 9.17) is 11.2 Å². The lowest BCUT2D eigenvalue weighted by atomic mass is 10.0. The Balaban J connectivity index is 1.94. The van der Waals surface area contributed by atoms with Crippen LogP contribution in [0.2, 0.25) is 0 Å². The summed E-state index contributed by atoms with van der Waals surface area (Å²) in [5.41, 5.74) is 3.75. The zero-order valence-electron chi connectivity index (χ0n) is 15.9. The summed E-state index contributed by atoms with van der Waals surface area (Å²) in [6.45, 7) is 3.91. The van der Waals surface area contributed by atoms with E-state index in [2.05, 4.69) is 21.8 Å². The zero-order chi connectivity index (χ0) is 20.4. The molecular weight excluding hydrogens is 354 g/mol. The van der Waals surface area contributed by atoms with Gasteiger partial charge in [0.2, 0.25) is 0 Å². The third-order valence-electron chi connectivity index (χ3n) is 3.86. The number of terminal acetylenes is 1. The molecule has 1 unspecified atom stereocenters. The van der Waals surface area contributed by atoms with E-state index in [0.717, 1.165) is 5.56 Å². The van der Waals surface area contributed by atoms with Crippen LogP contribution in [0.25, 0.3) is 0 Å². The number of ether oxygens (including phenoxy) is 1. The molecule has 0 aromatic heterocycles. The zero-order valence-corrected chi connectivity index (χ0v) is 15.9. The highest BCUT2D eigenvalue weighted by atomic mass is 16.5. The molecular formula is C22H23N3O3. The van der Waals surface area contributed by atoms with E-state index in [1.165, 1.54) is 6.21 Å². The van der Waals surface area contributed by atoms with Crippen molar-refractivity contribution < 1.29 is 14.3 Å². The third kappa shape index (κ3) is 6.29. The quantitative estimate of drug-likeness (QED) is 0.422. The van der Waals surface area contributed by atoms with Crippen molar-refractivity contribution in [1.29, 1.82) is 0 Å². The number of benzene rings is 2. The van der Waals surface area contributed by atoms with Crippen molar-refractivity contribution in [2.75, 3.05) is 6.61 Å². The van der Waals surface area contributed by atoms with E-state index in [9.17, 15) is 9.59 Å². The highest BCUT2D eigenvalue weighted by molar-refractivity contribution is 5.97. The number of hydrazone groups is 1. The van der Waals surface area contributed by atoms with Gasteiger partial charge in [0.15, 0.2) is 0 Å². The second kappa shape index (κ2) is 10.5. The predicted octanol–water partition coefficient (Wildman–Crippen LogP) is 2.60. The molecule has 6 nitrogen and oxygen atoms in total. The normalized spacial score (nSPS) is 11.6. The van der Waals surface area contributed by atoms with Gasteiger partial charge in [-0.2, -0.15) is 5.10 Å². The Kier molecular flexibility index (Phi) is 7.79. The first-order valence-electron chi connectivity index (χ1n) is 8.86. The third-order valence-corrected chi connectivity index (χ3v) is 3.86. The molecule has 1 atom stereocenters. The number of carbonyl (C=O) groups is 2. The van der Waals surface area contributed by atoms with Crippen LogP contribution in [0.15, 0.2) is 59.7 Å². The molecule has 0 heterocycles. The number of nitrogens with zero attached hydrogens (tertiary/aromatic N) is 1. The van der Waals surface area contributed by atoms with E-state index in [1.54, 1.807) is 48.5 Å². The Morgan fingerprint density at radius 3 is 2.43 bits per heavy atom. The van der Waals surface area contributed by atoms with E-state index in [-0.39, 0.29) is 24.3 Å². The van der Waals surface area contributed by atoms with Crippen molar-refractivity contribution >= 4 is 18.0 Å². The van der Waals surface area contributed by atoms with Gasteiger partial charge in [-0.25, -0.2) is 5.43 Å². The molecule has 2 N–H and O–H groups in total. The summed E-state index contributed by atoms with van der Waals surface area (Å²) >= 11 is 0. The first-order chi connectivity index (χ1) is 13.5. The van der Waals surface area contributed by atoms with Crippen molar-refractivity contribution in [1.82, 2.24) is 10.7 Å². The molecule has 2 aromatic carbocycles. The van der Waals surface area contributed by atoms with Crippen molar-refractivity contribution in [3.05, 3.63) is 65.7 Å². The molecule has 0 fully saturated rings. The Hall–Kier alpha value is -3.59. The molecule has 2 amide bonds. The first kappa shape index (κ1) is 20.7. The summed E-state index contributed by atoms with van der Waals surface area (Å²) in [6, 6.07) is 15.2. The topological polar surface area (TPSA) is 79.8 Å². The van der Waals surface area contributed by atoms with Gasteiger partial charge in [0.25, 0.3) is 11.8 Å². The molecule has 0 spiro atoms. The highest BCUT2D eigenvalue weighted by Crippen LogP contribution is 2.10. The molecule has 0 aliphatic rings. The minimum Gasteiger partial charge on any atom is -0.481 e. The van der Waals surface area contributed by atoms with Gasteiger partial charge in [0.05, 0.1) is 6.21 Å². The fourth-order valence-electron chi connectivity index (χ4n) is 2.36. The molecule has 144 valence electrons. The average Bonchev–Trinajstić information content (AvgIpc) is 2.71. The van der Waals surface area contributed by atoms with Crippen LogP contribution in [0.5, 0.6) is 5.75 Å². The maximum atomic E-state index is 12.4. The predicted molar refractivity (Wildman–Crippen MR) is 109 cm³/mol. The van der Waals surface area contributed by atoms with Crippen LogP contribution < -0.4 is 15.5 Å². The first-order valence-corrected chi connectivity index (χ1v) is 8.86. The van der Waals surface area contributed by atoms with Crippen LogP contribution >= 0.6 is 0 Å². The van der Waals surface area contributed by atoms with E-state index in [1.807, 2.05) is 19.9 Å². The molecule has 6 heteroatoms. The van der Waals surface area contributed by atoms with Crippen molar-refractivity contribution in [2.45, 2.75) is 19.9 Å². The van der Waals surface area contributed by atoms with E-state index in [0.29, 0.717) is 11.3 Å². The molecule has 0 radical (unpaired) electrons. The number of hydrogen-bond acceptors (Lipinski definition) is 4. The smallest absolute Gasteiger partial charge is 0.262 e. The summed E-state index contributed by atoms with van der Waals surface area (Å²) in [5.74, 6) is 2.26. The Morgan fingerprint density at radius 2 is 1.82 bits per heavy atom. The molecule has 2 aromatic rings. The lowest BCUT2D eigenvalue weighted by Gasteiger charge is -2.20. The standard InChI is InChI=1S/C22H23N3O3/c1-4-14-28-19-12-10-17(11-13-19)15-23-25-22(27)20(16(2)3)24-21(26)18-8-6-5-7-9-18/h1,5-13,15-16,20H,14H2,2-3H3,(H,24,26)(H,25,27)/b23-15+. The summed E-state index contributed by atoms with van der Waals surface area (Å²) in [6.07, 6.45) is 6.66. The number of nitrogens with one attached hydrogen (secondary N) is 2. The molecule has 0 saturated heterocycles. The van der Waals surface area contributed by atoms with Gasteiger partial charge in [-0.15, -0.1) is 6.42 Å². The van der Waals surface area contributed by atoms with Gasteiger partial charge in [-0.1, -0.05) is 38.0 Å². The lowest BCUT2D eigenvalue weighted by molar-refractivity contribution is -0.123. The van der Waals surface area contributed by atoms with Crippen molar-refractivity contribution in [3.63, 3.8) is 0 Å². The van der Waals surface area contributed by atoms with Gasteiger partial charge < -0.3 is 10.1 Å². The maximum Gasteiger partial charge on any atom is 0.262 e. The molecule has 28 heavy (non-hydrogen) atoms. The minimum absolute atomic E-state index is 0.101. The fraction of sp³-hybridized carbons (Fsp3) is 0.227. The lowest BCUT2D eigenvalue weighted by Crippen LogP contribution is -2.48. The van der Waals surface area contributed by atoms with Crippen molar-refractivity contribution in [3.8, 4) is 18.1 Å². The molecule has 0 saturated carbocycles. The summed E-state index contributed by atoms with van der Waals surface area (Å²) in [4.78, 5) is 24.7. The van der Waals surface area contributed by atoms with Crippen LogP contribution in [0.1, 0.15) is 29.8 Å². The average molecular weight is 377 g/mol. The van der Waals surface area contributed by atoms with Crippen LogP contribution in [0.4, 0.5) is 0 Å². The summed E-state index contributed by atoms with van der Waals surface area (Å²) < 4.78 is 5.29. The van der Waals surface area contributed by atoms with Crippen molar-refractivity contribution in [2.24, 2.45) is 11.0 Å². The molecule has 0 aliphatic heterocycles. The van der Waals surface area contributed by atoms with Crippen LogP contribution in [-0.4, -0.2) is 30.7 Å². The highest BCUT2D eigenvalue weighted by Gasteiger charge is 2.24. The van der Waals surface area contributed by atoms with Gasteiger partial charge in [-0.05, 0) is 47.9 Å². The summed E-state index contributed by atoms with van der Waals surface area (Å²) in [5, 5.41) is 6.72. The monoisotopic (exact) mass is 377 g/mol. The number of hydrogen-bond donors (Lipinski definition) is 2. The number of carbonyl (C=O) groups excluding carboxylic acids is 2. The Bertz CT molecular complexity index is 853. The second-order valence-electron chi connectivity index (χ2n) is 6.36. The fourth-order valence-corrected chi connectivity index (χ4v) is 2.36. The van der Waals surface area contributed by atoms with Gasteiger partial charge in [-0.3, -0.25) is 9.59 Å². The van der Waals surface area contributed by atoms with E-state index >= 15 is 0 Å².